The Balaban J connectivity index is 4.35. The van der Waals surface area contributed by atoms with Crippen molar-refractivity contribution in [2.75, 3.05) is 14.1 Å². The van der Waals surface area contributed by atoms with Crippen molar-refractivity contribution in [1.82, 2.24) is 4.90 Å². The van der Waals surface area contributed by atoms with E-state index in [2.05, 4.69) is 4.52 Å². The van der Waals surface area contributed by atoms with Crippen LogP contribution in [0, 0.1) is 0 Å². The van der Waals surface area contributed by atoms with Gasteiger partial charge in [-0.25, -0.2) is 4.57 Å². The van der Waals surface area contributed by atoms with Gasteiger partial charge >= 0.3 is 7.82 Å². The van der Waals surface area contributed by atoms with Crippen molar-refractivity contribution in [2.45, 2.75) is 6.92 Å². The first-order valence-electron chi connectivity index (χ1n) is 3.37. The number of allylic oxidation sites excluding steroid dienone is 1. The van der Waals surface area contributed by atoms with Crippen LogP contribution in [0.5, 0.6) is 0 Å². The summed E-state index contributed by atoms with van der Waals surface area (Å²) in [5, 5.41) is 0. The van der Waals surface area contributed by atoms with Gasteiger partial charge in [-0.05, 0) is 6.92 Å². The number of likely N-dealkylation sites (N-methyl/N-ethyl adjacent to an activating group) is 1. The Bertz CT molecular complexity index is 266. The van der Waals surface area contributed by atoms with Gasteiger partial charge in [0.25, 0.3) is 0 Å². The highest BCUT2D eigenvalue weighted by Crippen LogP contribution is 2.38. The van der Waals surface area contributed by atoms with Crippen LogP contribution >= 0.6 is 7.82 Å². The standard InChI is InChI=1S/C6H12NO5P/c1-5(12-13(9,10)11)4-6(8)7(2)3/h4H,1-3H3,(H2,9,10,11). The number of rotatable bonds is 3. The molecule has 76 valence electrons. The molecule has 0 aromatic rings. The molecule has 0 saturated carbocycles. The molecule has 0 aliphatic rings. The van der Waals surface area contributed by atoms with Gasteiger partial charge in [0.1, 0.15) is 5.76 Å². The lowest BCUT2D eigenvalue weighted by molar-refractivity contribution is -0.123. The first kappa shape index (κ1) is 12.2. The molecule has 0 aromatic carbocycles. The summed E-state index contributed by atoms with van der Waals surface area (Å²) in [5.74, 6) is -0.516. The molecule has 0 radical (unpaired) electrons. The fourth-order valence-electron chi connectivity index (χ4n) is 0.517. The van der Waals surface area contributed by atoms with Gasteiger partial charge in [0.2, 0.25) is 5.91 Å². The van der Waals surface area contributed by atoms with E-state index in [1.165, 1.54) is 25.9 Å². The maximum absolute atomic E-state index is 11.0. The van der Waals surface area contributed by atoms with E-state index in [4.69, 9.17) is 9.79 Å². The van der Waals surface area contributed by atoms with E-state index in [1.54, 1.807) is 0 Å². The third-order valence-electron chi connectivity index (χ3n) is 1.03. The Morgan fingerprint density at radius 3 is 2.23 bits per heavy atom. The van der Waals surface area contributed by atoms with Crippen LogP contribution in [-0.4, -0.2) is 34.7 Å². The molecule has 0 fully saturated rings. The van der Waals surface area contributed by atoms with Crippen molar-refractivity contribution in [2.24, 2.45) is 0 Å². The van der Waals surface area contributed by atoms with Crippen LogP contribution in [0.1, 0.15) is 6.92 Å². The Kier molecular flexibility index (Phi) is 4.13. The summed E-state index contributed by atoms with van der Waals surface area (Å²) in [6, 6.07) is 0. The van der Waals surface area contributed by atoms with Gasteiger partial charge < -0.3 is 9.42 Å². The molecule has 2 N–H and O–H groups in total. The quantitative estimate of drug-likeness (QED) is 0.390. The fourth-order valence-corrected chi connectivity index (χ4v) is 0.945. The number of phosphoric ester groups is 1. The average Bonchev–Trinajstić information content (AvgIpc) is 1.81. The molecule has 6 nitrogen and oxygen atoms in total. The average molecular weight is 209 g/mol. The lowest BCUT2D eigenvalue weighted by atomic mass is 10.4. The van der Waals surface area contributed by atoms with Crippen LogP contribution in [0.3, 0.4) is 0 Å². The largest absolute Gasteiger partial charge is 0.524 e. The molecule has 0 rings (SSSR count). The highest BCUT2D eigenvalue weighted by molar-refractivity contribution is 7.46. The third kappa shape index (κ3) is 6.33. The van der Waals surface area contributed by atoms with Gasteiger partial charge in [-0.2, -0.15) is 0 Å². The number of hydrogen-bond donors (Lipinski definition) is 2. The zero-order valence-electron chi connectivity index (χ0n) is 7.59. The zero-order valence-corrected chi connectivity index (χ0v) is 8.49. The number of nitrogens with zero attached hydrogens (tertiary/aromatic N) is 1. The molecule has 0 aliphatic carbocycles. The maximum Gasteiger partial charge on any atom is 0.524 e. The van der Waals surface area contributed by atoms with Gasteiger partial charge in [-0.15, -0.1) is 0 Å². The number of carbonyl (C=O) groups is 1. The van der Waals surface area contributed by atoms with Crippen LogP contribution in [0.4, 0.5) is 0 Å². The van der Waals surface area contributed by atoms with Crippen molar-refractivity contribution in [1.29, 1.82) is 0 Å². The van der Waals surface area contributed by atoms with E-state index in [9.17, 15) is 9.36 Å². The minimum absolute atomic E-state index is 0.118. The predicted molar refractivity (Wildman–Crippen MR) is 45.6 cm³/mol. The van der Waals surface area contributed by atoms with Crippen molar-refractivity contribution in [3.63, 3.8) is 0 Å². The van der Waals surface area contributed by atoms with Crippen LogP contribution in [-0.2, 0) is 13.9 Å². The van der Waals surface area contributed by atoms with Crippen LogP contribution < -0.4 is 0 Å². The van der Waals surface area contributed by atoms with Gasteiger partial charge in [0.15, 0.2) is 0 Å². The maximum atomic E-state index is 11.0. The molecular formula is C6H12NO5P. The molecule has 0 atom stereocenters. The molecule has 0 unspecified atom stereocenters. The number of carbonyl (C=O) groups excluding carboxylic acids is 1. The van der Waals surface area contributed by atoms with Gasteiger partial charge in [0.05, 0.1) is 0 Å². The molecule has 0 aromatic heterocycles. The zero-order chi connectivity index (χ0) is 10.6. The molecule has 7 heteroatoms. The number of amides is 1. The highest BCUT2D eigenvalue weighted by Gasteiger charge is 2.15. The molecule has 1 amide bonds. The molecule has 0 heterocycles. The fraction of sp³-hybridized carbons (Fsp3) is 0.500. The molecular weight excluding hydrogens is 197 g/mol. The van der Waals surface area contributed by atoms with Gasteiger partial charge in [-0.1, -0.05) is 0 Å². The number of hydrogen-bond acceptors (Lipinski definition) is 3. The van der Waals surface area contributed by atoms with E-state index in [1.807, 2.05) is 0 Å². The van der Waals surface area contributed by atoms with Crippen LogP contribution in [0.2, 0.25) is 0 Å². The smallest absolute Gasteiger partial charge is 0.409 e. The third-order valence-corrected chi connectivity index (χ3v) is 1.56. The molecule has 0 bridgehead atoms. The lowest BCUT2D eigenvalue weighted by Crippen LogP contribution is -2.19. The monoisotopic (exact) mass is 209 g/mol. The molecule has 0 aliphatic heterocycles. The van der Waals surface area contributed by atoms with E-state index in [0.29, 0.717) is 0 Å². The van der Waals surface area contributed by atoms with Crippen molar-refractivity contribution in [3.05, 3.63) is 11.8 Å². The normalized spacial score (nSPS) is 12.5. The summed E-state index contributed by atoms with van der Waals surface area (Å²) in [7, 11) is -1.51. The van der Waals surface area contributed by atoms with E-state index in [-0.39, 0.29) is 5.76 Å². The topological polar surface area (TPSA) is 87.1 Å². The van der Waals surface area contributed by atoms with E-state index in [0.717, 1.165) is 6.08 Å². The Morgan fingerprint density at radius 1 is 1.46 bits per heavy atom. The minimum Gasteiger partial charge on any atom is -0.409 e. The van der Waals surface area contributed by atoms with Crippen molar-refractivity contribution in [3.8, 4) is 0 Å². The molecule has 13 heavy (non-hydrogen) atoms. The highest BCUT2D eigenvalue weighted by atomic mass is 31.2. The summed E-state index contributed by atoms with van der Waals surface area (Å²) < 4.78 is 14.4. The Morgan fingerprint density at radius 2 is 1.92 bits per heavy atom. The second kappa shape index (κ2) is 4.41. The van der Waals surface area contributed by atoms with Crippen molar-refractivity contribution < 1.29 is 23.7 Å². The lowest BCUT2D eigenvalue weighted by Gasteiger charge is -2.09. The summed E-state index contributed by atoms with van der Waals surface area (Å²) in [6.45, 7) is 1.29. The summed E-state index contributed by atoms with van der Waals surface area (Å²) >= 11 is 0. The first-order valence-corrected chi connectivity index (χ1v) is 4.90. The second-order valence-corrected chi connectivity index (χ2v) is 3.73. The van der Waals surface area contributed by atoms with Gasteiger partial charge in [0, 0.05) is 20.2 Å². The Hall–Kier alpha value is -0.840. The summed E-state index contributed by atoms with van der Waals surface area (Å²) in [4.78, 5) is 28.9. The second-order valence-electron chi connectivity index (χ2n) is 2.57. The first-order chi connectivity index (χ1) is 5.72. The minimum atomic E-state index is -4.55. The summed E-state index contributed by atoms with van der Waals surface area (Å²) in [6.07, 6.45) is 0.999. The molecule has 0 saturated heterocycles. The van der Waals surface area contributed by atoms with Crippen LogP contribution in [0.25, 0.3) is 0 Å². The van der Waals surface area contributed by atoms with Crippen molar-refractivity contribution >= 4 is 13.7 Å². The van der Waals surface area contributed by atoms with E-state index < -0.39 is 13.7 Å². The number of phosphoric acid groups is 1. The molecule has 0 spiro atoms. The predicted octanol–water partition coefficient (Wildman–Crippen LogP) is 0.0877. The van der Waals surface area contributed by atoms with Crippen LogP contribution in [0.15, 0.2) is 11.8 Å². The van der Waals surface area contributed by atoms with Gasteiger partial charge in [-0.3, -0.25) is 14.6 Å². The summed E-state index contributed by atoms with van der Waals surface area (Å²) in [5.41, 5.74) is 0. The SMILES string of the molecule is CC(=CC(=O)N(C)C)OP(=O)(O)O. The Labute approximate surface area is 76.0 Å². The van der Waals surface area contributed by atoms with E-state index >= 15 is 0 Å².